The van der Waals surface area contributed by atoms with Crippen LogP contribution in [0.25, 0.3) is 0 Å². The van der Waals surface area contributed by atoms with Crippen molar-refractivity contribution >= 4 is 85.0 Å². The molecule has 22 heteroatoms. The van der Waals surface area contributed by atoms with Crippen molar-refractivity contribution in [3.8, 4) is 17.2 Å². The van der Waals surface area contributed by atoms with E-state index in [1.807, 2.05) is 81.4 Å². The smallest absolute Gasteiger partial charge is 0.408 e. The molecule has 0 bridgehead atoms. The highest BCUT2D eigenvalue weighted by atomic mass is 79.9. The average Bonchev–Trinajstić information content (AvgIpc) is 4.15. The summed E-state index contributed by atoms with van der Waals surface area (Å²) in [4.78, 5) is 41.9. The molecule has 2 radical (unpaired) electrons. The minimum atomic E-state index is -0.556. The SMILES string of the molecule is C.CC(C)(C)OC(=O)N[C@@H]1c2ccccc2OC12CCN(c1cnc(Br)cn1)CC2.Clc1cnc(Br)cn1.N[C@@H]1c2ccccc2OC12CCN(c1cnc(Br)cn1)CC2.N[C@@H]1c2ccccc2OC12CCNCC2.[B]C. The number of ether oxygens (including phenoxy) is 4. The molecule has 6 aromatic rings. The highest BCUT2D eigenvalue weighted by Gasteiger charge is 2.52. The van der Waals surface area contributed by atoms with Crippen molar-refractivity contribution in [2.75, 3.05) is 49.1 Å². The third kappa shape index (κ3) is 14.2. The van der Waals surface area contributed by atoms with Crippen LogP contribution in [0.5, 0.6) is 17.2 Å². The Morgan fingerprint density at radius 1 is 0.623 bits per heavy atom. The molecule has 9 heterocycles. The van der Waals surface area contributed by atoms with E-state index in [4.69, 9.17) is 42.0 Å². The summed E-state index contributed by atoms with van der Waals surface area (Å²) in [7, 11) is 4.50. The second kappa shape index (κ2) is 26.2. The molecule has 17 nitrogen and oxygen atoms in total. The summed E-state index contributed by atoms with van der Waals surface area (Å²) in [5.41, 5.74) is 14.6. The Morgan fingerprint density at radius 2 is 1.01 bits per heavy atom. The van der Waals surface area contributed by atoms with E-state index in [1.54, 1.807) is 31.0 Å². The zero-order chi connectivity index (χ0) is 54.1. The first kappa shape index (κ1) is 59.5. The number of aromatic nitrogens is 6. The highest BCUT2D eigenvalue weighted by Crippen LogP contribution is 2.50. The normalized spacial score (nSPS) is 20.4. The molecule has 3 saturated heterocycles. The summed E-state index contributed by atoms with van der Waals surface area (Å²) in [5.74, 6) is 4.49. The largest absolute Gasteiger partial charge is 0.485 e. The Balaban J connectivity index is 0.000000158. The lowest BCUT2D eigenvalue weighted by atomic mass is 9.82. The van der Waals surface area contributed by atoms with Gasteiger partial charge in [-0.15, -0.1) is 0 Å². The number of benzene rings is 3. The molecule has 0 aliphatic carbocycles. The van der Waals surface area contributed by atoms with Gasteiger partial charge in [0.05, 0.1) is 57.1 Å². The number of fused-ring (bicyclic) bond motifs is 3. The number of nitrogens with two attached hydrogens (primary N) is 2. The lowest BCUT2D eigenvalue weighted by Gasteiger charge is -2.42. The van der Waals surface area contributed by atoms with Gasteiger partial charge in [0.2, 0.25) is 0 Å². The Morgan fingerprint density at radius 3 is 1.42 bits per heavy atom. The van der Waals surface area contributed by atoms with Crippen molar-refractivity contribution in [3.63, 3.8) is 0 Å². The van der Waals surface area contributed by atoms with Crippen LogP contribution in [0.2, 0.25) is 12.0 Å². The van der Waals surface area contributed by atoms with Crippen LogP contribution in [0, 0.1) is 0 Å². The van der Waals surface area contributed by atoms with Gasteiger partial charge in [0.15, 0.2) is 0 Å². The van der Waals surface area contributed by atoms with E-state index in [1.165, 1.54) is 18.6 Å². The molecular weight excluding hydrogens is 1190 g/mol. The van der Waals surface area contributed by atoms with E-state index in [9.17, 15) is 4.79 Å². The Labute approximate surface area is 483 Å². The number of para-hydroxylation sites is 3. The number of nitrogens with zero attached hydrogens (tertiary/aromatic N) is 8. The molecule has 3 atom stereocenters. The van der Waals surface area contributed by atoms with Crippen LogP contribution in [0.3, 0.4) is 0 Å². The van der Waals surface area contributed by atoms with Crippen molar-refractivity contribution in [1.29, 1.82) is 0 Å². The van der Waals surface area contributed by atoms with Gasteiger partial charge in [-0.05, 0) is 99.8 Å². The average molecular weight is 1260 g/mol. The summed E-state index contributed by atoms with van der Waals surface area (Å²) in [5, 5.41) is 6.83. The van der Waals surface area contributed by atoms with Gasteiger partial charge in [0.1, 0.15) is 76.3 Å². The number of anilines is 2. The zero-order valence-corrected chi connectivity index (χ0v) is 48.5. The number of rotatable bonds is 3. The second-order valence-corrected chi connectivity index (χ2v) is 22.8. The van der Waals surface area contributed by atoms with Crippen LogP contribution >= 0.6 is 59.4 Å². The number of alkyl carbamates (subject to hydrolysis) is 1. The molecule has 6 aliphatic rings. The molecule has 3 fully saturated rings. The first-order chi connectivity index (χ1) is 36.5. The number of carbonyl (C=O) groups excluding carboxylic acids is 1. The molecule has 408 valence electrons. The standard InChI is InChI=1S/C21H25BrN4O3.C16H17BrN4O.C12H16N2O.C4H2BrClN2.CH3B.CH4/c1-20(2,3)29-19(27)25-18-14-6-4-5-7-15(14)28-21(18)8-10-26(11-9-21)17-13-23-16(22)12-24-17;17-13-9-20-14(10-19-13)21-7-5-16(6-8-21)15(18)11-3-1-2-4-12(11)22-16;13-11-9-3-1-2-4-10(9)15-12(11)5-7-14-8-6-12;5-3-1-8-4(6)2-7-3;1-2;/h4-7,12-13,18H,8-11H2,1-3H3,(H,25,27);1-4,9-10,15H,5-8,18H2;1-4,11,14H,5-8,13H2;1-2H;1H3;1H4/t18-;15-;11-;;;/m111.../s1. The third-order valence-corrected chi connectivity index (χ3v) is 15.5. The Kier molecular flexibility index (Phi) is 20.2. The number of piperidine rings is 3. The van der Waals surface area contributed by atoms with Crippen molar-refractivity contribution in [1.82, 2.24) is 40.5 Å². The van der Waals surface area contributed by atoms with E-state index in [-0.39, 0.29) is 36.8 Å². The molecule has 12 rings (SSSR count). The molecule has 6 aliphatic heterocycles. The third-order valence-electron chi connectivity index (χ3n) is 14.1. The second-order valence-electron chi connectivity index (χ2n) is 19.9. The molecular formula is C55H67BBr3ClN12O5. The van der Waals surface area contributed by atoms with Gasteiger partial charge < -0.3 is 50.8 Å². The molecule has 77 heavy (non-hydrogen) atoms. The van der Waals surface area contributed by atoms with Crippen molar-refractivity contribution < 1.29 is 23.7 Å². The van der Waals surface area contributed by atoms with Crippen molar-refractivity contribution in [2.45, 2.75) is 114 Å². The van der Waals surface area contributed by atoms with E-state index in [2.05, 4.69) is 118 Å². The van der Waals surface area contributed by atoms with Crippen LogP contribution in [0.15, 0.2) is 124 Å². The number of hydrogen-bond acceptors (Lipinski definition) is 16. The highest BCUT2D eigenvalue weighted by molar-refractivity contribution is 9.11. The molecule has 6 N–H and O–H groups in total. The van der Waals surface area contributed by atoms with E-state index < -0.39 is 17.3 Å². The quantitative estimate of drug-likeness (QED) is 0.121. The predicted octanol–water partition coefficient (Wildman–Crippen LogP) is 10.8. The summed E-state index contributed by atoms with van der Waals surface area (Å²) >= 11 is 15.2. The first-order valence-corrected chi connectivity index (χ1v) is 28.0. The molecule has 0 unspecified atom stereocenters. The summed E-state index contributed by atoms with van der Waals surface area (Å²) < 4.78 is 26.5. The van der Waals surface area contributed by atoms with Crippen LogP contribution < -0.4 is 46.1 Å². The van der Waals surface area contributed by atoms with Crippen molar-refractivity contribution in [2.24, 2.45) is 11.5 Å². The van der Waals surface area contributed by atoms with Crippen LogP contribution in [-0.4, -0.2) is 106 Å². The van der Waals surface area contributed by atoms with Crippen molar-refractivity contribution in [3.05, 3.63) is 146 Å². The Bertz CT molecular complexity index is 2830. The molecule has 3 aromatic carbocycles. The monoisotopic (exact) mass is 1260 g/mol. The lowest BCUT2D eigenvalue weighted by molar-refractivity contribution is 0.0149. The Hall–Kier alpha value is -5.16. The lowest BCUT2D eigenvalue weighted by Crippen LogP contribution is -2.54. The van der Waals surface area contributed by atoms with Crippen LogP contribution in [-0.2, 0) is 4.74 Å². The maximum absolute atomic E-state index is 12.5. The van der Waals surface area contributed by atoms with Crippen LogP contribution in [0.4, 0.5) is 16.4 Å². The number of halogens is 4. The molecule has 3 aromatic heterocycles. The topological polar surface area (TPSA) is 214 Å². The zero-order valence-electron chi connectivity index (χ0n) is 43.0. The fourth-order valence-corrected chi connectivity index (χ4v) is 11.0. The number of amides is 1. The minimum Gasteiger partial charge on any atom is -0.485 e. The maximum Gasteiger partial charge on any atom is 0.408 e. The molecule has 3 spiro atoms. The predicted molar refractivity (Wildman–Crippen MR) is 313 cm³/mol. The van der Waals surface area contributed by atoms with Crippen LogP contribution in [0.1, 0.15) is 102 Å². The number of nitrogens with one attached hydrogen (secondary N) is 2. The number of carbonyl (C=O) groups is 1. The van der Waals surface area contributed by atoms with E-state index in [0.717, 1.165) is 122 Å². The summed E-state index contributed by atoms with van der Waals surface area (Å²) in [6.45, 7) is 12.4. The van der Waals surface area contributed by atoms with Gasteiger partial charge >= 0.3 is 6.09 Å². The van der Waals surface area contributed by atoms with Gasteiger partial charge in [0, 0.05) is 81.4 Å². The number of hydrogen-bond donors (Lipinski definition) is 4. The van der Waals surface area contributed by atoms with E-state index in [0.29, 0.717) is 14.4 Å². The first-order valence-electron chi connectivity index (χ1n) is 25.3. The summed E-state index contributed by atoms with van der Waals surface area (Å²) in [6, 6.07) is 23.9. The fourth-order valence-electron chi connectivity index (χ4n) is 10.3. The van der Waals surface area contributed by atoms with Gasteiger partial charge in [-0.1, -0.05) is 80.4 Å². The van der Waals surface area contributed by atoms with E-state index >= 15 is 0 Å². The van der Waals surface area contributed by atoms with Gasteiger partial charge in [0.25, 0.3) is 0 Å². The summed E-state index contributed by atoms with van der Waals surface area (Å²) in [6.07, 6.45) is 14.9. The van der Waals surface area contributed by atoms with Gasteiger partial charge in [-0.25, -0.2) is 34.7 Å². The fraction of sp³-hybridized carbons (Fsp3) is 0.436. The molecule has 1 amide bonds. The van der Waals surface area contributed by atoms with Gasteiger partial charge in [-0.3, -0.25) is 0 Å². The van der Waals surface area contributed by atoms with Gasteiger partial charge in [-0.2, -0.15) is 0 Å². The maximum atomic E-state index is 12.5. The molecule has 0 saturated carbocycles. The minimum absolute atomic E-state index is 0.